The second-order valence-corrected chi connectivity index (χ2v) is 2.99. The van der Waals surface area contributed by atoms with Gasteiger partial charge in [0.1, 0.15) is 11.4 Å². The Balaban J connectivity index is 2.48. The highest BCUT2D eigenvalue weighted by molar-refractivity contribution is 5.94. The number of rotatable bonds is 1. The van der Waals surface area contributed by atoms with Crippen LogP contribution in [0.4, 0.5) is 5.69 Å². The van der Waals surface area contributed by atoms with Gasteiger partial charge in [-0.1, -0.05) is 19.1 Å². The van der Waals surface area contributed by atoms with E-state index in [1.54, 1.807) is 6.07 Å². The number of phenols is 1. The third-order valence-corrected chi connectivity index (χ3v) is 2.17. The molecule has 2 nitrogen and oxygen atoms in total. The topological polar surface area (TPSA) is 32.6 Å². The molecule has 62 valence electrons. The molecule has 0 saturated carbocycles. The lowest BCUT2D eigenvalue weighted by molar-refractivity contribution is 0.477. The molecular formula is C10H11NO. The Labute approximate surface area is 71.6 Å². The molecule has 0 amide bonds. The Bertz CT molecular complexity index is 342. The Morgan fingerprint density at radius 1 is 1.50 bits per heavy atom. The zero-order chi connectivity index (χ0) is 8.55. The number of phenolic OH excluding ortho intramolecular Hbond substituents is 1. The molecule has 1 aliphatic rings. The van der Waals surface area contributed by atoms with E-state index in [4.69, 9.17) is 0 Å². The van der Waals surface area contributed by atoms with Gasteiger partial charge >= 0.3 is 0 Å². The SMILES string of the molecule is CCC1=Nc2c(O)cccc2C1. The predicted octanol–water partition coefficient (Wildman–Crippen LogP) is 2.43. The summed E-state index contributed by atoms with van der Waals surface area (Å²) < 4.78 is 0. The molecule has 0 unspecified atom stereocenters. The van der Waals surface area contributed by atoms with Gasteiger partial charge in [-0.2, -0.15) is 0 Å². The number of fused-ring (bicyclic) bond motifs is 1. The zero-order valence-electron chi connectivity index (χ0n) is 7.04. The normalized spacial score (nSPS) is 14.2. The summed E-state index contributed by atoms with van der Waals surface area (Å²) in [5.74, 6) is 0.302. The number of para-hydroxylation sites is 1. The van der Waals surface area contributed by atoms with Crippen LogP contribution in [0.3, 0.4) is 0 Å². The quantitative estimate of drug-likeness (QED) is 0.674. The molecule has 1 heterocycles. The molecule has 1 N–H and O–H groups in total. The minimum Gasteiger partial charge on any atom is -0.506 e. The third-order valence-electron chi connectivity index (χ3n) is 2.17. The molecule has 0 aliphatic carbocycles. The first-order valence-electron chi connectivity index (χ1n) is 4.18. The lowest BCUT2D eigenvalue weighted by Crippen LogP contribution is -1.93. The van der Waals surface area contributed by atoms with Gasteiger partial charge in [-0.3, -0.25) is 4.99 Å². The average molecular weight is 161 g/mol. The molecule has 0 radical (unpaired) electrons. The van der Waals surface area contributed by atoms with E-state index in [9.17, 15) is 5.11 Å². The molecule has 2 rings (SSSR count). The predicted molar refractivity (Wildman–Crippen MR) is 49.2 cm³/mol. The fourth-order valence-electron chi connectivity index (χ4n) is 1.47. The van der Waals surface area contributed by atoms with E-state index in [2.05, 4.69) is 11.9 Å². The number of aliphatic imine (C=N–C) groups is 1. The molecule has 1 aromatic rings. The van der Waals surface area contributed by atoms with Crippen molar-refractivity contribution in [2.45, 2.75) is 19.8 Å². The van der Waals surface area contributed by atoms with Crippen LogP contribution in [0.15, 0.2) is 23.2 Å². The maximum atomic E-state index is 9.44. The second-order valence-electron chi connectivity index (χ2n) is 2.99. The first-order valence-corrected chi connectivity index (χ1v) is 4.18. The number of hydrogen-bond acceptors (Lipinski definition) is 2. The smallest absolute Gasteiger partial charge is 0.141 e. The Morgan fingerprint density at radius 3 is 3.00 bits per heavy atom. The highest BCUT2D eigenvalue weighted by Gasteiger charge is 2.15. The molecule has 1 aromatic carbocycles. The van der Waals surface area contributed by atoms with Crippen LogP contribution in [-0.4, -0.2) is 10.8 Å². The molecule has 0 fully saturated rings. The molecule has 0 atom stereocenters. The van der Waals surface area contributed by atoms with Gasteiger partial charge in [0.25, 0.3) is 0 Å². The van der Waals surface area contributed by atoms with Crippen molar-refractivity contribution in [2.75, 3.05) is 0 Å². The van der Waals surface area contributed by atoms with Crippen LogP contribution in [0.5, 0.6) is 5.75 Å². The van der Waals surface area contributed by atoms with Gasteiger partial charge in [0.15, 0.2) is 0 Å². The lowest BCUT2D eigenvalue weighted by atomic mass is 10.1. The van der Waals surface area contributed by atoms with Crippen molar-refractivity contribution in [3.05, 3.63) is 23.8 Å². The summed E-state index contributed by atoms with van der Waals surface area (Å²) in [5.41, 5.74) is 3.08. The van der Waals surface area contributed by atoms with Crippen LogP contribution < -0.4 is 0 Å². The van der Waals surface area contributed by atoms with Crippen molar-refractivity contribution >= 4 is 11.4 Å². The summed E-state index contributed by atoms with van der Waals surface area (Å²) in [7, 11) is 0. The first-order chi connectivity index (χ1) is 5.81. The fourth-order valence-corrected chi connectivity index (χ4v) is 1.47. The van der Waals surface area contributed by atoms with Crippen molar-refractivity contribution in [3.63, 3.8) is 0 Å². The summed E-state index contributed by atoms with van der Waals surface area (Å²) in [6.45, 7) is 2.09. The highest BCUT2D eigenvalue weighted by atomic mass is 16.3. The summed E-state index contributed by atoms with van der Waals surface area (Å²) in [6, 6.07) is 5.56. The van der Waals surface area contributed by atoms with E-state index >= 15 is 0 Å². The van der Waals surface area contributed by atoms with E-state index in [1.165, 1.54) is 0 Å². The van der Waals surface area contributed by atoms with Gasteiger partial charge in [0, 0.05) is 12.1 Å². The van der Waals surface area contributed by atoms with Gasteiger partial charge in [0.05, 0.1) is 0 Å². The van der Waals surface area contributed by atoms with E-state index in [-0.39, 0.29) is 0 Å². The van der Waals surface area contributed by atoms with Crippen LogP contribution in [0.25, 0.3) is 0 Å². The van der Waals surface area contributed by atoms with Crippen molar-refractivity contribution in [1.82, 2.24) is 0 Å². The number of hydrogen-bond donors (Lipinski definition) is 1. The molecule has 12 heavy (non-hydrogen) atoms. The minimum absolute atomic E-state index is 0.302. The Morgan fingerprint density at radius 2 is 2.33 bits per heavy atom. The maximum Gasteiger partial charge on any atom is 0.141 e. The molecule has 0 saturated heterocycles. The van der Waals surface area contributed by atoms with Crippen molar-refractivity contribution < 1.29 is 5.11 Å². The maximum absolute atomic E-state index is 9.44. The Kier molecular flexibility index (Phi) is 1.61. The minimum atomic E-state index is 0.302. The fraction of sp³-hybridized carbons (Fsp3) is 0.300. The first kappa shape index (κ1) is 7.35. The van der Waals surface area contributed by atoms with Crippen molar-refractivity contribution in [3.8, 4) is 5.75 Å². The van der Waals surface area contributed by atoms with Crippen LogP contribution in [0, 0.1) is 0 Å². The molecule has 2 heteroatoms. The Hall–Kier alpha value is -1.31. The average Bonchev–Trinajstić information content (AvgIpc) is 2.49. The standard InChI is InChI=1S/C10H11NO/c1-2-8-6-7-4-3-5-9(12)10(7)11-8/h3-5,12H,2,6H2,1H3. The van der Waals surface area contributed by atoms with Crippen molar-refractivity contribution in [2.24, 2.45) is 4.99 Å². The number of benzene rings is 1. The van der Waals surface area contributed by atoms with Crippen LogP contribution in [0.2, 0.25) is 0 Å². The molecule has 0 bridgehead atoms. The van der Waals surface area contributed by atoms with E-state index < -0.39 is 0 Å². The van der Waals surface area contributed by atoms with Gasteiger partial charge in [-0.15, -0.1) is 0 Å². The second kappa shape index (κ2) is 2.63. The molecule has 1 aliphatic heterocycles. The van der Waals surface area contributed by atoms with Gasteiger partial charge in [-0.25, -0.2) is 0 Å². The van der Waals surface area contributed by atoms with Crippen LogP contribution >= 0.6 is 0 Å². The number of aromatic hydroxyl groups is 1. The largest absolute Gasteiger partial charge is 0.506 e. The molecule has 0 spiro atoms. The molecular weight excluding hydrogens is 150 g/mol. The van der Waals surface area contributed by atoms with E-state index in [0.29, 0.717) is 5.75 Å². The van der Waals surface area contributed by atoms with Crippen LogP contribution in [-0.2, 0) is 6.42 Å². The third kappa shape index (κ3) is 0.998. The number of nitrogens with zero attached hydrogens (tertiary/aromatic N) is 1. The van der Waals surface area contributed by atoms with Crippen molar-refractivity contribution in [1.29, 1.82) is 0 Å². The van der Waals surface area contributed by atoms with Crippen LogP contribution in [0.1, 0.15) is 18.9 Å². The summed E-state index contributed by atoms with van der Waals surface area (Å²) in [6.07, 6.45) is 1.87. The van der Waals surface area contributed by atoms with E-state index in [0.717, 1.165) is 29.8 Å². The molecule has 0 aromatic heterocycles. The zero-order valence-corrected chi connectivity index (χ0v) is 7.04. The summed E-state index contributed by atoms with van der Waals surface area (Å²) in [5, 5.41) is 9.44. The lowest BCUT2D eigenvalue weighted by Gasteiger charge is -1.97. The highest BCUT2D eigenvalue weighted by Crippen LogP contribution is 2.35. The summed E-state index contributed by atoms with van der Waals surface area (Å²) >= 11 is 0. The summed E-state index contributed by atoms with van der Waals surface area (Å²) in [4.78, 5) is 4.34. The monoisotopic (exact) mass is 161 g/mol. The van der Waals surface area contributed by atoms with Gasteiger partial charge < -0.3 is 5.11 Å². The van der Waals surface area contributed by atoms with E-state index in [1.807, 2.05) is 12.1 Å². The van der Waals surface area contributed by atoms with Gasteiger partial charge in [0.2, 0.25) is 0 Å². The van der Waals surface area contributed by atoms with Gasteiger partial charge in [-0.05, 0) is 18.1 Å².